The van der Waals surface area contributed by atoms with Crippen LogP contribution in [-0.4, -0.2) is 54.0 Å². The second-order valence-corrected chi connectivity index (χ2v) is 11.2. The molecule has 0 fully saturated rings. The lowest BCUT2D eigenvalue weighted by molar-refractivity contribution is -0.145. The minimum atomic E-state index is -4.29. The van der Waals surface area contributed by atoms with Crippen molar-refractivity contribution in [3.8, 4) is 0 Å². The molecule has 0 amide bonds. The first-order chi connectivity index (χ1) is 15.3. The van der Waals surface area contributed by atoms with Crippen LogP contribution in [0.4, 0.5) is 14.5 Å². The summed E-state index contributed by atoms with van der Waals surface area (Å²) in [7, 11) is -4.29. The maximum atomic E-state index is 13.4. The molecule has 1 aliphatic heterocycles. The zero-order valence-electron chi connectivity index (χ0n) is 19.0. The van der Waals surface area contributed by atoms with Crippen LogP contribution in [0.3, 0.4) is 0 Å². The number of aryl methyl sites for hydroxylation is 1. The van der Waals surface area contributed by atoms with Gasteiger partial charge in [0.2, 0.25) is 0 Å². The molecule has 0 saturated carbocycles. The number of anilines is 1. The van der Waals surface area contributed by atoms with E-state index in [1.807, 2.05) is 20.8 Å². The Bertz CT molecular complexity index is 1130. The van der Waals surface area contributed by atoms with Crippen molar-refractivity contribution in [2.75, 3.05) is 24.1 Å². The van der Waals surface area contributed by atoms with Gasteiger partial charge in [-0.2, -0.15) is 13.9 Å². The summed E-state index contributed by atoms with van der Waals surface area (Å²) in [4.78, 5) is 16.2. The lowest BCUT2D eigenvalue weighted by atomic mass is 9.97. The van der Waals surface area contributed by atoms with Gasteiger partial charge >= 0.3 is 12.5 Å². The van der Waals surface area contributed by atoms with E-state index in [-0.39, 0.29) is 52.6 Å². The van der Waals surface area contributed by atoms with Crippen LogP contribution in [0.25, 0.3) is 0 Å². The van der Waals surface area contributed by atoms with Gasteiger partial charge in [-0.1, -0.05) is 20.8 Å². The van der Waals surface area contributed by atoms with E-state index in [4.69, 9.17) is 4.74 Å². The van der Waals surface area contributed by atoms with Gasteiger partial charge in [0.25, 0.3) is 10.0 Å². The maximum Gasteiger partial charge on any atom is 0.333 e. The predicted molar refractivity (Wildman–Crippen MR) is 115 cm³/mol. The van der Waals surface area contributed by atoms with Gasteiger partial charge in [-0.15, -0.1) is 0 Å². The number of ether oxygens (including phenoxy) is 1. The fraction of sp³-hybridized carbons (Fsp3) is 0.571. The molecule has 182 valence electrons. The molecule has 3 rings (SSSR count). The smallest absolute Gasteiger partial charge is 0.333 e. The monoisotopic (exact) mass is 486 g/mol. The highest BCUT2D eigenvalue weighted by molar-refractivity contribution is 7.92. The molecule has 12 heteroatoms. The molecule has 0 bridgehead atoms. The molecule has 0 unspecified atom stereocenters. The quantitative estimate of drug-likeness (QED) is 0.598. The summed E-state index contributed by atoms with van der Waals surface area (Å²) in [5.41, 5.74) is 0.849. The topological polar surface area (TPSA) is 115 Å². The molecule has 0 aromatic carbocycles. The highest BCUT2D eigenvalue weighted by Crippen LogP contribution is 2.35. The van der Waals surface area contributed by atoms with Crippen LogP contribution in [0.2, 0.25) is 0 Å². The second kappa shape index (κ2) is 9.34. The van der Waals surface area contributed by atoms with Gasteiger partial charge in [0.1, 0.15) is 4.90 Å². The van der Waals surface area contributed by atoms with E-state index in [0.29, 0.717) is 17.7 Å². The number of aliphatic hydroxyl groups excluding tert-OH is 1. The molecule has 33 heavy (non-hydrogen) atoms. The molecule has 1 atom stereocenters. The number of alkyl halides is 2. The van der Waals surface area contributed by atoms with Gasteiger partial charge in [0, 0.05) is 25.3 Å². The first-order valence-electron chi connectivity index (χ1n) is 10.4. The van der Waals surface area contributed by atoms with Crippen molar-refractivity contribution in [3.05, 3.63) is 35.4 Å². The number of hydrogen-bond donors (Lipinski definition) is 1. The Labute approximate surface area is 191 Å². The van der Waals surface area contributed by atoms with E-state index in [2.05, 4.69) is 10.1 Å². The van der Waals surface area contributed by atoms with Gasteiger partial charge in [0.15, 0.2) is 0 Å². The van der Waals surface area contributed by atoms with Crippen LogP contribution >= 0.6 is 0 Å². The zero-order chi connectivity index (χ0) is 24.6. The number of aromatic nitrogens is 3. The summed E-state index contributed by atoms with van der Waals surface area (Å²) >= 11 is 0. The van der Waals surface area contributed by atoms with Crippen molar-refractivity contribution in [2.24, 2.45) is 11.3 Å². The van der Waals surface area contributed by atoms with Crippen molar-refractivity contribution in [1.29, 1.82) is 0 Å². The number of aliphatic hydroxyl groups is 1. The highest BCUT2D eigenvalue weighted by atomic mass is 32.2. The van der Waals surface area contributed by atoms with Crippen LogP contribution in [0.1, 0.15) is 44.3 Å². The molecule has 1 aliphatic rings. The van der Waals surface area contributed by atoms with Crippen molar-refractivity contribution in [3.63, 3.8) is 0 Å². The molecule has 2 aromatic rings. The van der Waals surface area contributed by atoms with Gasteiger partial charge in [-0.3, -0.25) is 14.1 Å². The lowest BCUT2D eigenvalue weighted by Crippen LogP contribution is -2.41. The summed E-state index contributed by atoms with van der Waals surface area (Å²) in [6.07, 6.45) is 2.50. The van der Waals surface area contributed by atoms with E-state index in [9.17, 15) is 27.1 Å². The van der Waals surface area contributed by atoms with E-state index in [1.165, 1.54) is 13.1 Å². The summed E-state index contributed by atoms with van der Waals surface area (Å²) in [5, 5.41) is 13.3. The fourth-order valence-electron chi connectivity index (χ4n) is 3.47. The molecular formula is C21H28F2N4O5S. The van der Waals surface area contributed by atoms with Gasteiger partial charge in [-0.25, -0.2) is 13.1 Å². The Hall–Kier alpha value is -2.60. The van der Waals surface area contributed by atoms with Crippen molar-refractivity contribution < 1.29 is 31.8 Å². The summed E-state index contributed by atoms with van der Waals surface area (Å²) in [6.45, 7) is 4.03. The molecular weight excluding hydrogens is 458 g/mol. The Morgan fingerprint density at radius 2 is 2.06 bits per heavy atom. The summed E-state index contributed by atoms with van der Waals surface area (Å²) in [6, 6.07) is 1.54. The number of esters is 1. The molecule has 0 radical (unpaired) electrons. The Morgan fingerprint density at radius 3 is 2.64 bits per heavy atom. The van der Waals surface area contributed by atoms with Crippen LogP contribution in [0, 0.1) is 18.3 Å². The molecule has 0 saturated heterocycles. The van der Waals surface area contributed by atoms with Crippen LogP contribution in [0.5, 0.6) is 0 Å². The Morgan fingerprint density at radius 1 is 1.36 bits per heavy atom. The molecule has 9 nitrogen and oxygen atoms in total. The SMILES string of the molecule is Cc1nn(C(F)F)cc1S(=O)(=O)N1C[C@H](CO)Cc2ncc(CC(=O)OCC(C)(C)C)cc21. The third-order valence-corrected chi connectivity index (χ3v) is 6.97. The average Bonchev–Trinajstić information content (AvgIpc) is 3.14. The number of carbonyl (C=O) groups excluding carboxylic acids is 1. The number of fused-ring (bicyclic) bond motifs is 1. The number of sulfonamides is 1. The third kappa shape index (κ3) is 5.67. The zero-order valence-corrected chi connectivity index (χ0v) is 19.8. The summed E-state index contributed by atoms with van der Waals surface area (Å²) < 4.78 is 59.6. The average molecular weight is 487 g/mol. The predicted octanol–water partition coefficient (Wildman–Crippen LogP) is 2.47. The second-order valence-electron chi connectivity index (χ2n) is 9.33. The lowest BCUT2D eigenvalue weighted by Gasteiger charge is -2.34. The minimum Gasteiger partial charge on any atom is -0.465 e. The molecule has 1 N–H and O–H groups in total. The molecule has 0 spiro atoms. The number of hydrogen-bond acceptors (Lipinski definition) is 7. The third-order valence-electron chi connectivity index (χ3n) is 5.09. The van der Waals surface area contributed by atoms with Crippen LogP contribution in [-0.2, 0) is 32.4 Å². The Balaban J connectivity index is 1.96. The number of carbonyl (C=O) groups is 1. The molecule has 2 aromatic heterocycles. The van der Waals surface area contributed by atoms with E-state index >= 15 is 0 Å². The van der Waals surface area contributed by atoms with Gasteiger partial charge < -0.3 is 9.84 Å². The number of halogens is 2. The van der Waals surface area contributed by atoms with Crippen molar-refractivity contribution in [2.45, 2.75) is 52.0 Å². The van der Waals surface area contributed by atoms with E-state index in [0.717, 1.165) is 10.5 Å². The van der Waals surface area contributed by atoms with Gasteiger partial charge in [0.05, 0.1) is 36.3 Å². The van der Waals surface area contributed by atoms with Crippen molar-refractivity contribution >= 4 is 21.7 Å². The van der Waals surface area contributed by atoms with E-state index in [1.54, 1.807) is 6.07 Å². The molecule has 0 aliphatic carbocycles. The number of rotatable bonds is 7. The summed E-state index contributed by atoms with van der Waals surface area (Å²) in [5.74, 6) is -0.896. The van der Waals surface area contributed by atoms with Crippen LogP contribution < -0.4 is 4.31 Å². The highest BCUT2D eigenvalue weighted by Gasteiger charge is 2.36. The number of pyridine rings is 1. The first-order valence-corrected chi connectivity index (χ1v) is 11.9. The molecule has 3 heterocycles. The normalized spacial score (nSPS) is 16.7. The standard InChI is InChI=1S/C21H28F2N4O5S/c1-13-18(10-26(25-13)20(22)23)33(30,31)27-9-15(11-28)5-16-17(27)6-14(8-24-16)7-19(29)32-12-21(2,3)4/h6,8,10,15,20,28H,5,7,9,11-12H2,1-4H3/t15-/m1/s1. The minimum absolute atomic E-state index is 0.0647. The van der Waals surface area contributed by atoms with Crippen molar-refractivity contribution in [1.82, 2.24) is 14.8 Å². The van der Waals surface area contributed by atoms with E-state index < -0.39 is 28.5 Å². The maximum absolute atomic E-state index is 13.4. The van der Waals surface area contributed by atoms with Crippen LogP contribution in [0.15, 0.2) is 23.4 Å². The van der Waals surface area contributed by atoms with Gasteiger partial charge in [-0.05, 0) is 30.4 Å². The largest absolute Gasteiger partial charge is 0.465 e. The fourth-order valence-corrected chi connectivity index (χ4v) is 5.18. The Kier molecular flexibility index (Phi) is 7.08. The first kappa shape index (κ1) is 25.0. The number of nitrogens with zero attached hydrogens (tertiary/aromatic N) is 4.